The molecule has 0 unspecified atom stereocenters. The minimum atomic E-state index is -3.88. The molecule has 0 bridgehead atoms. The van der Waals surface area contributed by atoms with Crippen LogP contribution in [0.15, 0.2) is 33.4 Å². The van der Waals surface area contributed by atoms with Crippen molar-refractivity contribution >= 4 is 48.9 Å². The summed E-state index contributed by atoms with van der Waals surface area (Å²) in [6, 6.07) is 5.24. The highest BCUT2D eigenvalue weighted by Gasteiger charge is 2.22. The first-order valence-corrected chi connectivity index (χ1v) is 10.3. The Morgan fingerprint density at radius 1 is 1.17 bits per heavy atom. The third-order valence-corrected chi connectivity index (χ3v) is 7.67. The van der Waals surface area contributed by atoms with Crippen LogP contribution >= 0.6 is 23.1 Å². The van der Waals surface area contributed by atoms with Gasteiger partial charge in [-0.05, 0) is 42.7 Å². The van der Waals surface area contributed by atoms with Crippen LogP contribution in [0.5, 0.6) is 0 Å². The molecular weight excluding hydrogens is 382 g/mol. The van der Waals surface area contributed by atoms with Crippen LogP contribution < -0.4 is 4.72 Å². The summed E-state index contributed by atoms with van der Waals surface area (Å²) in [4.78, 5) is -0.0647. The predicted octanol–water partition coefficient (Wildman–Crippen LogP) is 2.16. The topological polar surface area (TPSA) is 96.4 Å². The van der Waals surface area contributed by atoms with Gasteiger partial charge in [0.15, 0.2) is 4.21 Å². The fourth-order valence-electron chi connectivity index (χ4n) is 1.62. The lowest BCUT2D eigenvalue weighted by Gasteiger charge is -2.14. The highest BCUT2D eigenvalue weighted by Crippen LogP contribution is 2.29. The Morgan fingerprint density at radius 2 is 1.83 bits per heavy atom. The van der Waals surface area contributed by atoms with E-state index in [-0.39, 0.29) is 19.8 Å². The van der Waals surface area contributed by atoms with Gasteiger partial charge in [0.1, 0.15) is 0 Å². The van der Waals surface area contributed by atoms with Crippen molar-refractivity contribution in [2.75, 3.05) is 18.8 Å². The summed E-state index contributed by atoms with van der Waals surface area (Å²) in [5.41, 5.74) is 0.561. The summed E-state index contributed by atoms with van der Waals surface area (Å²) in [6.07, 6.45) is 0. The van der Waals surface area contributed by atoms with Crippen molar-refractivity contribution in [2.24, 2.45) is 0 Å². The molecule has 7 nitrogen and oxygen atoms in total. The van der Waals surface area contributed by atoms with Gasteiger partial charge < -0.3 is 0 Å². The molecule has 0 fully saturated rings. The number of aromatic nitrogens is 1. The largest absolute Gasteiger partial charge is 0.277 e. The number of benzene rings is 1. The lowest BCUT2D eigenvalue weighted by molar-refractivity contribution is 0.521. The summed E-state index contributed by atoms with van der Waals surface area (Å²) in [7, 11) is -4.82. The normalized spacial score (nSPS) is 12.6. The first-order valence-electron chi connectivity index (χ1n) is 6.22. The van der Waals surface area contributed by atoms with E-state index in [2.05, 4.69) is 9.10 Å². The second kappa shape index (κ2) is 6.36. The number of aryl methyl sites for hydroxylation is 1. The standard InChI is InChI=1S/C12H14ClN3O4S3/c1-8-6-12(21-14-8)22(17,18)15-11-7-9(4-5-10(11)13)23(19,20)16(2)3/h4-7,15H,1-3H3. The van der Waals surface area contributed by atoms with Crippen LogP contribution in [0.2, 0.25) is 5.02 Å². The number of sulfonamides is 2. The van der Waals surface area contributed by atoms with Crippen molar-refractivity contribution in [2.45, 2.75) is 16.0 Å². The van der Waals surface area contributed by atoms with Crippen molar-refractivity contribution in [3.05, 3.63) is 35.0 Å². The van der Waals surface area contributed by atoms with Crippen molar-refractivity contribution in [3.8, 4) is 0 Å². The number of hydrogen-bond acceptors (Lipinski definition) is 6. The quantitative estimate of drug-likeness (QED) is 0.836. The molecule has 1 aromatic heterocycles. The smallest absolute Gasteiger partial charge is 0.273 e. The highest BCUT2D eigenvalue weighted by atomic mass is 35.5. The molecule has 2 aromatic rings. The molecule has 0 saturated heterocycles. The van der Waals surface area contributed by atoms with E-state index >= 15 is 0 Å². The van der Waals surface area contributed by atoms with Gasteiger partial charge in [0.25, 0.3) is 10.0 Å². The Morgan fingerprint density at radius 3 is 2.35 bits per heavy atom. The van der Waals surface area contributed by atoms with Gasteiger partial charge in [-0.15, -0.1) is 0 Å². The summed E-state index contributed by atoms with van der Waals surface area (Å²) < 4.78 is 56.1. The molecule has 0 aliphatic carbocycles. The van der Waals surface area contributed by atoms with E-state index in [9.17, 15) is 16.8 Å². The van der Waals surface area contributed by atoms with Crippen LogP contribution in [0.1, 0.15) is 5.69 Å². The number of anilines is 1. The van der Waals surface area contributed by atoms with Crippen molar-refractivity contribution in [3.63, 3.8) is 0 Å². The van der Waals surface area contributed by atoms with E-state index in [0.717, 1.165) is 15.8 Å². The Bertz CT molecular complexity index is 936. The van der Waals surface area contributed by atoms with Gasteiger partial charge in [-0.3, -0.25) is 4.72 Å². The number of rotatable bonds is 5. The maximum Gasteiger partial charge on any atom is 0.273 e. The number of nitrogens with one attached hydrogen (secondary N) is 1. The number of halogens is 1. The molecule has 23 heavy (non-hydrogen) atoms. The second-order valence-electron chi connectivity index (χ2n) is 4.82. The lowest BCUT2D eigenvalue weighted by Crippen LogP contribution is -2.22. The SMILES string of the molecule is Cc1cc(S(=O)(=O)Nc2cc(S(=O)(=O)N(C)C)ccc2Cl)sn1. The summed E-state index contributed by atoms with van der Waals surface area (Å²) >= 11 is 6.80. The van der Waals surface area contributed by atoms with Gasteiger partial charge in [0, 0.05) is 14.1 Å². The van der Waals surface area contributed by atoms with Gasteiger partial charge in [-0.1, -0.05) is 11.6 Å². The Labute approximate surface area is 144 Å². The summed E-state index contributed by atoms with van der Waals surface area (Å²) in [5.74, 6) is 0. The van der Waals surface area contributed by atoms with Crippen LogP contribution in [0.4, 0.5) is 5.69 Å². The molecule has 0 amide bonds. The average Bonchev–Trinajstić information content (AvgIpc) is 2.88. The van der Waals surface area contributed by atoms with E-state index < -0.39 is 20.0 Å². The first-order chi connectivity index (χ1) is 10.5. The van der Waals surface area contributed by atoms with Crippen LogP contribution in [-0.4, -0.2) is 39.6 Å². The fraction of sp³-hybridized carbons (Fsp3) is 0.250. The summed E-state index contributed by atoms with van der Waals surface area (Å²) in [5, 5.41) is 0.0903. The third kappa shape index (κ3) is 3.83. The minimum absolute atomic E-state index is 0.0133. The van der Waals surface area contributed by atoms with Crippen molar-refractivity contribution < 1.29 is 16.8 Å². The predicted molar refractivity (Wildman–Crippen MR) is 90.0 cm³/mol. The van der Waals surface area contributed by atoms with E-state index in [1.807, 2.05) is 0 Å². The maximum absolute atomic E-state index is 12.3. The maximum atomic E-state index is 12.3. The average molecular weight is 396 g/mol. The second-order valence-corrected chi connectivity index (χ2v) is 10.1. The van der Waals surface area contributed by atoms with Gasteiger partial charge in [0.2, 0.25) is 10.0 Å². The minimum Gasteiger partial charge on any atom is -0.277 e. The van der Waals surface area contributed by atoms with E-state index in [4.69, 9.17) is 11.6 Å². The Kier molecular flexibility index (Phi) is 5.02. The zero-order valence-electron chi connectivity index (χ0n) is 12.4. The van der Waals surface area contributed by atoms with E-state index in [1.54, 1.807) is 6.92 Å². The highest BCUT2D eigenvalue weighted by molar-refractivity contribution is 7.94. The van der Waals surface area contributed by atoms with Crippen molar-refractivity contribution in [1.82, 2.24) is 8.68 Å². The Balaban J connectivity index is 2.45. The molecule has 0 saturated carbocycles. The van der Waals surface area contributed by atoms with Crippen molar-refractivity contribution in [1.29, 1.82) is 0 Å². The summed E-state index contributed by atoms with van der Waals surface area (Å²) in [6.45, 7) is 1.67. The number of nitrogens with zero attached hydrogens (tertiary/aromatic N) is 2. The van der Waals surface area contributed by atoms with Crippen LogP contribution in [0.25, 0.3) is 0 Å². The molecule has 1 aromatic carbocycles. The molecule has 1 N–H and O–H groups in total. The first kappa shape index (κ1) is 18.1. The van der Waals surface area contributed by atoms with Gasteiger partial charge in [0.05, 0.1) is 21.3 Å². The van der Waals surface area contributed by atoms with Gasteiger partial charge in [-0.25, -0.2) is 21.1 Å². The molecule has 0 radical (unpaired) electrons. The fourth-order valence-corrected chi connectivity index (χ4v) is 4.79. The lowest BCUT2D eigenvalue weighted by atomic mass is 10.3. The van der Waals surface area contributed by atoms with E-state index in [1.165, 1.54) is 38.4 Å². The molecule has 1 heterocycles. The van der Waals surface area contributed by atoms with Gasteiger partial charge in [-0.2, -0.15) is 4.37 Å². The Hall–Kier alpha value is -1.20. The molecule has 2 rings (SSSR count). The number of hydrogen-bond donors (Lipinski definition) is 1. The van der Waals surface area contributed by atoms with E-state index in [0.29, 0.717) is 5.69 Å². The molecule has 0 atom stereocenters. The monoisotopic (exact) mass is 395 g/mol. The van der Waals surface area contributed by atoms with Gasteiger partial charge >= 0.3 is 0 Å². The molecule has 126 valence electrons. The molecule has 0 aliphatic rings. The van der Waals surface area contributed by atoms with Crippen LogP contribution in [-0.2, 0) is 20.0 Å². The van der Waals surface area contributed by atoms with Crippen LogP contribution in [0, 0.1) is 6.92 Å². The molecule has 0 spiro atoms. The molecular formula is C12H14ClN3O4S3. The third-order valence-electron chi connectivity index (χ3n) is 2.83. The zero-order chi connectivity index (χ0) is 17.4. The molecule has 11 heteroatoms. The van der Waals surface area contributed by atoms with Crippen LogP contribution in [0.3, 0.4) is 0 Å². The zero-order valence-corrected chi connectivity index (χ0v) is 15.6. The molecule has 0 aliphatic heterocycles.